The van der Waals surface area contributed by atoms with Crippen LogP contribution in [-0.4, -0.2) is 5.78 Å². The van der Waals surface area contributed by atoms with Gasteiger partial charge in [-0.25, -0.2) is 0 Å². The lowest BCUT2D eigenvalue weighted by atomic mass is 10.1. The van der Waals surface area contributed by atoms with Gasteiger partial charge in [0.25, 0.3) is 0 Å². The van der Waals surface area contributed by atoms with Crippen LogP contribution in [0, 0.1) is 12.1 Å². The third-order valence-corrected chi connectivity index (χ3v) is 1.17. The average Bonchev–Trinajstić information content (AvgIpc) is 1.88. The van der Waals surface area contributed by atoms with E-state index in [1.165, 1.54) is 0 Å². The molecule has 0 aliphatic heterocycles. The van der Waals surface area contributed by atoms with Gasteiger partial charge in [0.15, 0.2) is 0 Å². The molecular weight excluding hydrogens is 124 g/mol. The highest BCUT2D eigenvalue weighted by molar-refractivity contribution is 5.78. The van der Waals surface area contributed by atoms with Gasteiger partial charge in [0.05, 0.1) is 0 Å². The second-order valence-electron chi connectivity index (χ2n) is 2.22. The molecule has 0 aliphatic rings. The summed E-state index contributed by atoms with van der Waals surface area (Å²) in [5, 5.41) is 0. The van der Waals surface area contributed by atoms with Gasteiger partial charge in [0.2, 0.25) is 0 Å². The number of hydrogen-bond acceptors (Lipinski definition) is 1. The number of ketones is 1. The van der Waals surface area contributed by atoms with E-state index in [2.05, 4.69) is 12.1 Å². The van der Waals surface area contributed by atoms with Gasteiger partial charge in [-0.1, -0.05) is 12.1 Å². The lowest BCUT2D eigenvalue weighted by Crippen LogP contribution is -1.94. The molecule has 0 aromatic heterocycles. The van der Waals surface area contributed by atoms with E-state index < -0.39 is 0 Å². The summed E-state index contributed by atoms with van der Waals surface area (Å²) in [5.74, 6) is 0.180. The third kappa shape index (κ3) is 1.91. The van der Waals surface area contributed by atoms with Crippen molar-refractivity contribution >= 4 is 5.78 Å². The minimum absolute atomic E-state index is 0.180. The molecule has 0 fully saturated rings. The summed E-state index contributed by atoms with van der Waals surface area (Å²) in [6.45, 7) is 1.58. The summed E-state index contributed by atoms with van der Waals surface area (Å²) >= 11 is 0. The minimum Gasteiger partial charge on any atom is -0.300 e. The van der Waals surface area contributed by atoms with Crippen LogP contribution < -0.4 is 0 Å². The van der Waals surface area contributed by atoms with Crippen molar-refractivity contribution < 1.29 is 4.79 Å². The van der Waals surface area contributed by atoms with Crippen LogP contribution in [0.5, 0.6) is 0 Å². The maximum Gasteiger partial charge on any atom is 0.134 e. The topological polar surface area (TPSA) is 17.1 Å². The highest BCUT2D eigenvalue weighted by Gasteiger charge is 1.93. The Hall–Kier alpha value is -1.29. The molecule has 0 radical (unpaired) electrons. The zero-order valence-corrected chi connectivity index (χ0v) is 5.85. The Labute approximate surface area is 60.7 Å². The molecule has 50 valence electrons. The molecule has 1 heteroatoms. The molecule has 1 aromatic rings. The zero-order chi connectivity index (χ0) is 7.40. The largest absolute Gasteiger partial charge is 0.300 e. The molecule has 0 aliphatic carbocycles. The molecule has 0 spiro atoms. The van der Waals surface area contributed by atoms with Gasteiger partial charge in [-0.15, -0.1) is 0 Å². The van der Waals surface area contributed by atoms with E-state index in [0.717, 1.165) is 5.56 Å². The normalized spacial score (nSPS) is 8.50. The maximum atomic E-state index is 10.6. The fraction of sp³-hybridized carbons (Fsp3) is 0.222. The van der Waals surface area contributed by atoms with Gasteiger partial charge in [0.1, 0.15) is 5.78 Å². The molecule has 1 aromatic carbocycles. The number of carbonyl (C=O) groups excluding carboxylic acids is 1. The van der Waals surface area contributed by atoms with E-state index in [1.807, 2.05) is 6.07 Å². The third-order valence-electron chi connectivity index (χ3n) is 1.17. The predicted octanol–water partition coefficient (Wildman–Crippen LogP) is 1.42. The summed E-state index contributed by atoms with van der Waals surface area (Å²) in [6.07, 6.45) is 0.505. The fourth-order valence-electron chi connectivity index (χ4n) is 0.777. The lowest BCUT2D eigenvalue weighted by Gasteiger charge is -1.90. The van der Waals surface area contributed by atoms with Crippen molar-refractivity contribution in [2.75, 3.05) is 0 Å². The SMILES string of the molecule is CC(=O)Cc1cc#ccc1. The quantitative estimate of drug-likeness (QED) is 0.594. The Balaban J connectivity index is 2.67. The summed E-state index contributed by atoms with van der Waals surface area (Å²) < 4.78 is 0. The standard InChI is InChI=1S/C9H8O/c1-8(10)7-9-5-3-2-4-6-9/h3,5-6H,7H2,1H3. The Kier molecular flexibility index (Phi) is 2.07. The van der Waals surface area contributed by atoms with E-state index in [4.69, 9.17) is 0 Å². The smallest absolute Gasteiger partial charge is 0.134 e. The summed E-state index contributed by atoms with van der Waals surface area (Å²) in [6, 6.07) is 11.0. The van der Waals surface area contributed by atoms with Crippen molar-refractivity contribution in [3.63, 3.8) is 0 Å². The molecule has 0 heterocycles. The second-order valence-corrected chi connectivity index (χ2v) is 2.22. The maximum absolute atomic E-state index is 10.6. The molecule has 0 saturated heterocycles. The first-order chi connectivity index (χ1) is 4.79. The number of hydrogen-bond donors (Lipinski definition) is 0. The Morgan fingerprint density at radius 2 is 2.40 bits per heavy atom. The van der Waals surface area contributed by atoms with Gasteiger partial charge in [-0.3, -0.25) is 4.79 Å². The molecule has 0 saturated carbocycles. The number of Topliss-reactive ketones (excluding diaryl/α,β-unsaturated/α-hetero) is 1. The monoisotopic (exact) mass is 132 g/mol. The van der Waals surface area contributed by atoms with Crippen LogP contribution in [0.4, 0.5) is 0 Å². The van der Waals surface area contributed by atoms with E-state index in [9.17, 15) is 4.79 Å². The van der Waals surface area contributed by atoms with Gasteiger partial charge in [0, 0.05) is 6.42 Å². The molecule has 1 nitrogen and oxygen atoms in total. The molecule has 1 rings (SSSR count). The molecule has 0 unspecified atom stereocenters. The molecule has 0 bridgehead atoms. The van der Waals surface area contributed by atoms with Crippen LogP contribution in [-0.2, 0) is 11.2 Å². The lowest BCUT2D eigenvalue weighted by molar-refractivity contribution is -0.116. The summed E-state index contributed by atoms with van der Waals surface area (Å²) in [5.41, 5.74) is 1.01. The first-order valence-corrected chi connectivity index (χ1v) is 3.15. The van der Waals surface area contributed by atoms with Gasteiger partial charge < -0.3 is 0 Å². The van der Waals surface area contributed by atoms with Crippen LogP contribution in [0.1, 0.15) is 12.5 Å². The first-order valence-electron chi connectivity index (χ1n) is 3.15. The van der Waals surface area contributed by atoms with Crippen LogP contribution in [0.3, 0.4) is 0 Å². The van der Waals surface area contributed by atoms with Gasteiger partial charge >= 0.3 is 0 Å². The minimum atomic E-state index is 0.180. The van der Waals surface area contributed by atoms with E-state index >= 15 is 0 Å². The second kappa shape index (κ2) is 3.03. The Morgan fingerprint density at radius 1 is 1.60 bits per heavy atom. The van der Waals surface area contributed by atoms with Crippen LogP contribution >= 0.6 is 0 Å². The number of carbonyl (C=O) groups is 1. The van der Waals surface area contributed by atoms with Crippen LogP contribution in [0.15, 0.2) is 18.2 Å². The van der Waals surface area contributed by atoms with E-state index in [-0.39, 0.29) is 5.78 Å². The summed E-state index contributed by atoms with van der Waals surface area (Å²) in [7, 11) is 0. The number of rotatable bonds is 2. The predicted molar refractivity (Wildman–Crippen MR) is 38.5 cm³/mol. The zero-order valence-electron chi connectivity index (χ0n) is 5.85. The van der Waals surface area contributed by atoms with Crippen molar-refractivity contribution in [3.05, 3.63) is 35.9 Å². The highest BCUT2D eigenvalue weighted by atomic mass is 16.1. The van der Waals surface area contributed by atoms with E-state index in [0.29, 0.717) is 6.42 Å². The van der Waals surface area contributed by atoms with Crippen LogP contribution in [0.2, 0.25) is 0 Å². The van der Waals surface area contributed by atoms with Crippen molar-refractivity contribution in [2.24, 2.45) is 0 Å². The fourth-order valence-corrected chi connectivity index (χ4v) is 0.777. The van der Waals surface area contributed by atoms with Crippen molar-refractivity contribution in [2.45, 2.75) is 13.3 Å². The molecule has 0 amide bonds. The van der Waals surface area contributed by atoms with E-state index in [1.54, 1.807) is 19.1 Å². The van der Waals surface area contributed by atoms with Crippen molar-refractivity contribution in [3.8, 4) is 0 Å². The van der Waals surface area contributed by atoms with Crippen LogP contribution in [0.25, 0.3) is 0 Å². The summed E-state index contributed by atoms with van der Waals surface area (Å²) in [4.78, 5) is 10.6. The first kappa shape index (κ1) is 6.82. The molecular formula is C9H8O. The van der Waals surface area contributed by atoms with Crippen molar-refractivity contribution in [1.29, 1.82) is 0 Å². The average molecular weight is 132 g/mol. The highest BCUT2D eigenvalue weighted by Crippen LogP contribution is 1.95. The Bertz CT molecular complexity index is 213. The Morgan fingerprint density at radius 3 is 2.90 bits per heavy atom. The molecule has 10 heavy (non-hydrogen) atoms. The van der Waals surface area contributed by atoms with Gasteiger partial charge in [-0.05, 0) is 30.7 Å². The van der Waals surface area contributed by atoms with Gasteiger partial charge in [-0.2, -0.15) is 0 Å². The molecule has 0 atom stereocenters. The molecule has 0 N–H and O–H groups in total. The van der Waals surface area contributed by atoms with Crippen molar-refractivity contribution in [1.82, 2.24) is 0 Å².